The van der Waals surface area contributed by atoms with Crippen molar-refractivity contribution in [1.29, 1.82) is 0 Å². The molecule has 1 unspecified atom stereocenters. The molecular formula is C18H14ClNO5. The van der Waals surface area contributed by atoms with Gasteiger partial charge in [0.15, 0.2) is 0 Å². The van der Waals surface area contributed by atoms with Crippen LogP contribution in [0.25, 0.3) is 0 Å². The van der Waals surface area contributed by atoms with E-state index in [1.54, 1.807) is 48.5 Å². The number of nitrogens with zero attached hydrogens (tertiary/aromatic N) is 1. The molecule has 6 nitrogen and oxygen atoms in total. The predicted octanol–water partition coefficient (Wildman–Crippen LogP) is 3.57. The van der Waals surface area contributed by atoms with Gasteiger partial charge in [0, 0.05) is 11.4 Å². The Hall–Kier alpha value is -2.86. The zero-order valence-corrected chi connectivity index (χ0v) is 13.8. The highest BCUT2D eigenvalue weighted by Crippen LogP contribution is 2.21. The van der Waals surface area contributed by atoms with Gasteiger partial charge < -0.3 is 9.47 Å². The van der Waals surface area contributed by atoms with Crippen LogP contribution in [-0.4, -0.2) is 29.1 Å². The second kappa shape index (κ2) is 7.36. The van der Waals surface area contributed by atoms with E-state index >= 15 is 0 Å². The molecule has 1 aliphatic heterocycles. The lowest BCUT2D eigenvalue weighted by Crippen LogP contribution is -2.41. The summed E-state index contributed by atoms with van der Waals surface area (Å²) in [6.07, 6.45) is -1.82. The minimum absolute atomic E-state index is 0.00862. The highest BCUT2D eigenvalue weighted by atomic mass is 35.5. The number of esters is 1. The van der Waals surface area contributed by atoms with Gasteiger partial charge in [0.2, 0.25) is 0 Å². The molecule has 25 heavy (non-hydrogen) atoms. The maximum absolute atomic E-state index is 12.3. The Kier molecular flexibility index (Phi) is 5.00. The molecule has 2 aromatic carbocycles. The Morgan fingerprint density at radius 1 is 1.04 bits per heavy atom. The first kappa shape index (κ1) is 17.0. The lowest BCUT2D eigenvalue weighted by Gasteiger charge is -2.18. The normalized spacial score (nSPS) is 16.7. The summed E-state index contributed by atoms with van der Waals surface area (Å²) in [5, 5.41) is 0.549. The van der Waals surface area contributed by atoms with E-state index in [1.807, 2.05) is 6.07 Å². The number of hydrogen-bond donors (Lipinski definition) is 0. The Bertz CT molecular complexity index is 791. The van der Waals surface area contributed by atoms with Crippen molar-refractivity contribution < 1.29 is 23.9 Å². The summed E-state index contributed by atoms with van der Waals surface area (Å²) in [6, 6.07) is 14.7. The molecule has 2 aromatic rings. The van der Waals surface area contributed by atoms with E-state index < -0.39 is 24.2 Å². The summed E-state index contributed by atoms with van der Waals surface area (Å²) in [5.41, 5.74) is 1.51. The minimum atomic E-state index is -1.06. The Balaban J connectivity index is 1.70. The van der Waals surface area contributed by atoms with Crippen molar-refractivity contribution >= 4 is 29.8 Å². The van der Waals surface area contributed by atoms with Gasteiger partial charge in [-0.05, 0) is 23.3 Å². The Labute approximate surface area is 148 Å². The molecule has 1 fully saturated rings. The summed E-state index contributed by atoms with van der Waals surface area (Å²) in [5.74, 6) is -0.781. The molecule has 0 aliphatic carbocycles. The third-order valence-electron chi connectivity index (χ3n) is 3.71. The van der Waals surface area contributed by atoms with Gasteiger partial charge >= 0.3 is 18.2 Å². The fourth-order valence-corrected chi connectivity index (χ4v) is 2.57. The number of cyclic esters (lactones) is 2. The fourth-order valence-electron chi connectivity index (χ4n) is 2.44. The van der Waals surface area contributed by atoms with Crippen LogP contribution < -0.4 is 0 Å². The zero-order valence-electron chi connectivity index (χ0n) is 13.1. The molecule has 0 radical (unpaired) electrons. The second-order valence-electron chi connectivity index (χ2n) is 5.44. The van der Waals surface area contributed by atoms with E-state index in [9.17, 15) is 14.4 Å². The number of rotatable bonds is 4. The number of carbonyl (C=O) groups excluding carboxylic acids is 3. The molecule has 1 heterocycles. The van der Waals surface area contributed by atoms with Crippen molar-refractivity contribution in [3.05, 3.63) is 70.7 Å². The second-order valence-corrected chi connectivity index (χ2v) is 5.88. The van der Waals surface area contributed by atoms with E-state index in [0.717, 1.165) is 11.1 Å². The smallest absolute Gasteiger partial charge is 0.427 e. The van der Waals surface area contributed by atoms with Crippen LogP contribution in [0, 0.1) is 0 Å². The number of carbonyl (C=O) groups is 3. The van der Waals surface area contributed by atoms with Crippen LogP contribution in [0.2, 0.25) is 5.02 Å². The molecule has 3 rings (SSSR count). The van der Waals surface area contributed by atoms with Gasteiger partial charge in [0.25, 0.3) is 0 Å². The highest BCUT2D eigenvalue weighted by Gasteiger charge is 2.46. The summed E-state index contributed by atoms with van der Waals surface area (Å²) in [4.78, 5) is 36.7. The maximum atomic E-state index is 12.3. The largest absolute Gasteiger partial charge is 0.444 e. The van der Waals surface area contributed by atoms with Crippen molar-refractivity contribution in [1.82, 2.24) is 4.90 Å². The van der Waals surface area contributed by atoms with Gasteiger partial charge in [-0.3, -0.25) is 0 Å². The van der Waals surface area contributed by atoms with Gasteiger partial charge in [0.05, 0.1) is 0 Å². The average molecular weight is 360 g/mol. The van der Waals surface area contributed by atoms with E-state index in [0.29, 0.717) is 9.92 Å². The quantitative estimate of drug-likeness (QED) is 0.616. The van der Waals surface area contributed by atoms with E-state index in [1.165, 1.54) is 0 Å². The molecule has 0 aromatic heterocycles. The van der Waals surface area contributed by atoms with Crippen molar-refractivity contribution in [2.24, 2.45) is 0 Å². The van der Waals surface area contributed by atoms with Crippen LogP contribution in [0.4, 0.5) is 9.59 Å². The molecule has 2 amide bonds. The van der Waals surface area contributed by atoms with Crippen LogP contribution in [0.1, 0.15) is 11.1 Å². The molecule has 7 heteroatoms. The number of benzene rings is 2. The van der Waals surface area contributed by atoms with Crippen molar-refractivity contribution in [2.75, 3.05) is 0 Å². The van der Waals surface area contributed by atoms with Gasteiger partial charge in [-0.15, -0.1) is 0 Å². The van der Waals surface area contributed by atoms with Gasteiger partial charge in [-0.1, -0.05) is 54.1 Å². The third-order valence-corrected chi connectivity index (χ3v) is 3.96. The topological polar surface area (TPSA) is 72.9 Å². The summed E-state index contributed by atoms with van der Waals surface area (Å²) < 4.78 is 9.71. The first-order valence-corrected chi connectivity index (χ1v) is 7.92. The minimum Gasteiger partial charge on any atom is -0.444 e. The van der Waals surface area contributed by atoms with Crippen LogP contribution >= 0.6 is 11.6 Å². The number of amides is 2. The van der Waals surface area contributed by atoms with Gasteiger partial charge in [0.1, 0.15) is 12.6 Å². The van der Waals surface area contributed by atoms with Crippen molar-refractivity contribution in [2.45, 2.75) is 19.1 Å². The zero-order chi connectivity index (χ0) is 17.8. The predicted molar refractivity (Wildman–Crippen MR) is 88.9 cm³/mol. The Morgan fingerprint density at radius 2 is 1.72 bits per heavy atom. The first-order chi connectivity index (χ1) is 12.0. The van der Waals surface area contributed by atoms with Crippen LogP contribution in [-0.2, 0) is 27.3 Å². The fraction of sp³-hybridized carbons (Fsp3) is 0.167. The molecular weight excluding hydrogens is 346 g/mol. The maximum Gasteiger partial charge on any atom is 0.427 e. The third kappa shape index (κ3) is 3.97. The van der Waals surface area contributed by atoms with E-state index in [-0.39, 0.29) is 13.0 Å². The molecule has 0 saturated carbocycles. The lowest BCUT2D eigenvalue weighted by atomic mass is 10.1. The van der Waals surface area contributed by atoms with Crippen molar-refractivity contribution in [3.8, 4) is 0 Å². The molecule has 0 N–H and O–H groups in total. The molecule has 1 atom stereocenters. The van der Waals surface area contributed by atoms with Gasteiger partial charge in [-0.25, -0.2) is 14.4 Å². The number of ether oxygens (including phenoxy) is 2. The summed E-state index contributed by atoms with van der Waals surface area (Å²) in [7, 11) is 0. The number of imide groups is 1. The van der Waals surface area contributed by atoms with E-state index in [2.05, 4.69) is 4.74 Å². The Morgan fingerprint density at radius 3 is 2.40 bits per heavy atom. The molecule has 0 bridgehead atoms. The summed E-state index contributed by atoms with van der Waals surface area (Å²) >= 11 is 5.83. The van der Waals surface area contributed by atoms with Crippen molar-refractivity contribution in [3.63, 3.8) is 0 Å². The van der Waals surface area contributed by atoms with Crippen LogP contribution in [0.15, 0.2) is 54.6 Å². The molecule has 0 spiro atoms. The number of halogens is 1. The van der Waals surface area contributed by atoms with Crippen LogP contribution in [0.5, 0.6) is 0 Å². The average Bonchev–Trinajstić information content (AvgIpc) is 2.89. The lowest BCUT2D eigenvalue weighted by molar-refractivity contribution is -0.135. The monoisotopic (exact) mass is 359 g/mol. The van der Waals surface area contributed by atoms with Crippen LogP contribution in [0.3, 0.4) is 0 Å². The molecule has 1 aliphatic rings. The summed E-state index contributed by atoms with van der Waals surface area (Å²) in [6.45, 7) is -0.00862. The van der Waals surface area contributed by atoms with E-state index in [4.69, 9.17) is 16.3 Å². The SMILES string of the molecule is O=C1OC(=O)N(C(=O)OCc2ccccc2)C1Cc1ccc(Cl)cc1. The first-order valence-electron chi connectivity index (χ1n) is 7.54. The highest BCUT2D eigenvalue weighted by molar-refractivity contribution is 6.30. The van der Waals surface area contributed by atoms with Gasteiger partial charge in [-0.2, -0.15) is 4.90 Å². The molecule has 1 saturated heterocycles. The number of hydrogen-bond acceptors (Lipinski definition) is 5. The molecule has 128 valence electrons. The standard InChI is InChI=1S/C18H14ClNO5/c19-14-8-6-12(7-9-14)10-15-16(21)25-18(23)20(15)17(22)24-11-13-4-2-1-3-5-13/h1-9,15H,10-11H2.